The fourth-order valence-corrected chi connectivity index (χ4v) is 2.50. The Morgan fingerprint density at radius 2 is 2.14 bits per heavy atom. The summed E-state index contributed by atoms with van der Waals surface area (Å²) in [6.45, 7) is 9.30. The second-order valence-corrected chi connectivity index (χ2v) is 6.66. The summed E-state index contributed by atoms with van der Waals surface area (Å²) in [5.74, 6) is 0. The van der Waals surface area contributed by atoms with Crippen molar-refractivity contribution in [1.29, 1.82) is 0 Å². The molecule has 2 N–H and O–H groups in total. The molecule has 1 fully saturated rings. The largest absolute Gasteiger partial charge is 0.444 e. The van der Waals surface area contributed by atoms with Gasteiger partial charge in [-0.2, -0.15) is 5.10 Å². The third kappa shape index (κ3) is 4.74. The molecule has 6 heteroatoms. The normalized spacial score (nSPS) is 18.6. The molecule has 6 nitrogen and oxygen atoms in total. The Balaban J connectivity index is 1.77. The Labute approximate surface area is 126 Å². The number of hydrogen-bond acceptors (Lipinski definition) is 4. The van der Waals surface area contributed by atoms with E-state index in [2.05, 4.69) is 22.4 Å². The van der Waals surface area contributed by atoms with Crippen molar-refractivity contribution in [3.63, 3.8) is 0 Å². The molecule has 1 atom stereocenters. The number of aromatic nitrogens is 2. The maximum atomic E-state index is 12.0. The molecule has 1 unspecified atom stereocenters. The van der Waals surface area contributed by atoms with Gasteiger partial charge in [-0.1, -0.05) is 0 Å². The molecular formula is C15H26N4O2. The van der Waals surface area contributed by atoms with E-state index in [4.69, 9.17) is 4.74 Å². The third-order valence-electron chi connectivity index (χ3n) is 3.65. The van der Waals surface area contributed by atoms with Crippen LogP contribution in [0.1, 0.15) is 52.1 Å². The van der Waals surface area contributed by atoms with Crippen LogP contribution in [0.3, 0.4) is 0 Å². The summed E-state index contributed by atoms with van der Waals surface area (Å²) in [5, 5.41) is 10.4. The number of likely N-dealkylation sites (tertiary alicyclic amines) is 1. The van der Waals surface area contributed by atoms with E-state index in [0.717, 1.165) is 31.5 Å². The summed E-state index contributed by atoms with van der Waals surface area (Å²) >= 11 is 0. The lowest BCUT2D eigenvalue weighted by Gasteiger charge is -2.34. The molecule has 0 saturated carbocycles. The van der Waals surface area contributed by atoms with Crippen LogP contribution in [0.5, 0.6) is 0 Å². The highest BCUT2D eigenvalue weighted by atomic mass is 16.6. The van der Waals surface area contributed by atoms with Crippen LogP contribution in [0.4, 0.5) is 4.79 Å². The number of rotatable bonds is 3. The van der Waals surface area contributed by atoms with E-state index in [-0.39, 0.29) is 12.1 Å². The summed E-state index contributed by atoms with van der Waals surface area (Å²) in [5.41, 5.74) is 0.728. The van der Waals surface area contributed by atoms with Crippen LogP contribution in [-0.4, -0.2) is 45.9 Å². The predicted octanol–water partition coefficient (Wildman–Crippen LogP) is 2.46. The van der Waals surface area contributed by atoms with Gasteiger partial charge in [0.25, 0.3) is 0 Å². The number of carbonyl (C=O) groups is 1. The lowest BCUT2D eigenvalue weighted by Crippen LogP contribution is -2.46. The van der Waals surface area contributed by atoms with Gasteiger partial charge in [-0.15, -0.1) is 0 Å². The van der Waals surface area contributed by atoms with Gasteiger partial charge in [0.05, 0.1) is 6.20 Å². The van der Waals surface area contributed by atoms with E-state index in [9.17, 15) is 4.79 Å². The number of aromatic amines is 1. The van der Waals surface area contributed by atoms with Gasteiger partial charge in [-0.05, 0) is 40.5 Å². The minimum Gasteiger partial charge on any atom is -0.444 e. The second kappa shape index (κ2) is 6.47. The van der Waals surface area contributed by atoms with E-state index in [0.29, 0.717) is 6.04 Å². The molecule has 1 aliphatic rings. The summed E-state index contributed by atoms with van der Waals surface area (Å²) in [6, 6.07) is 0.690. The van der Waals surface area contributed by atoms with E-state index < -0.39 is 5.60 Å². The van der Waals surface area contributed by atoms with Gasteiger partial charge in [0, 0.05) is 36.9 Å². The number of nitrogens with zero attached hydrogens (tertiary/aromatic N) is 2. The Hall–Kier alpha value is -1.56. The van der Waals surface area contributed by atoms with Crippen LogP contribution in [0, 0.1) is 0 Å². The molecule has 21 heavy (non-hydrogen) atoms. The van der Waals surface area contributed by atoms with Crippen LogP contribution in [0.15, 0.2) is 12.4 Å². The van der Waals surface area contributed by atoms with Gasteiger partial charge in [-0.3, -0.25) is 5.10 Å². The third-order valence-corrected chi connectivity index (χ3v) is 3.65. The molecule has 0 aliphatic carbocycles. The predicted molar refractivity (Wildman–Crippen MR) is 81.0 cm³/mol. The fourth-order valence-electron chi connectivity index (χ4n) is 2.50. The highest BCUT2D eigenvalue weighted by molar-refractivity contribution is 5.68. The summed E-state index contributed by atoms with van der Waals surface area (Å²) in [7, 11) is 0. The van der Waals surface area contributed by atoms with Crippen LogP contribution >= 0.6 is 0 Å². The zero-order valence-corrected chi connectivity index (χ0v) is 13.3. The quantitative estimate of drug-likeness (QED) is 0.898. The van der Waals surface area contributed by atoms with E-state index >= 15 is 0 Å². The van der Waals surface area contributed by atoms with Crippen molar-refractivity contribution >= 4 is 6.09 Å². The number of carbonyl (C=O) groups excluding carboxylic acids is 1. The van der Waals surface area contributed by atoms with Gasteiger partial charge >= 0.3 is 6.09 Å². The monoisotopic (exact) mass is 294 g/mol. The minimum atomic E-state index is -0.429. The van der Waals surface area contributed by atoms with Crippen LogP contribution in [0.25, 0.3) is 0 Å². The molecular weight excluding hydrogens is 268 g/mol. The molecule has 0 spiro atoms. The second-order valence-electron chi connectivity index (χ2n) is 6.66. The van der Waals surface area contributed by atoms with E-state index in [1.165, 1.54) is 0 Å². The topological polar surface area (TPSA) is 70.2 Å². The first kappa shape index (κ1) is 15.8. The van der Waals surface area contributed by atoms with E-state index in [1.807, 2.05) is 33.2 Å². The number of ether oxygens (including phenoxy) is 1. The number of hydrogen-bond donors (Lipinski definition) is 2. The van der Waals surface area contributed by atoms with Gasteiger partial charge in [0.15, 0.2) is 0 Å². The Morgan fingerprint density at radius 1 is 1.48 bits per heavy atom. The fraction of sp³-hybridized carbons (Fsp3) is 0.733. The lowest BCUT2D eigenvalue weighted by molar-refractivity contribution is 0.0196. The van der Waals surface area contributed by atoms with Crippen LogP contribution in [-0.2, 0) is 4.74 Å². The van der Waals surface area contributed by atoms with Gasteiger partial charge in [0.2, 0.25) is 0 Å². The number of H-pyrrole nitrogens is 1. The van der Waals surface area contributed by atoms with Crippen LogP contribution < -0.4 is 5.32 Å². The molecule has 2 rings (SSSR count). The first-order valence-electron chi connectivity index (χ1n) is 7.58. The molecule has 1 amide bonds. The summed E-state index contributed by atoms with van der Waals surface area (Å²) in [4.78, 5) is 13.8. The number of nitrogens with one attached hydrogen (secondary N) is 2. The number of amides is 1. The highest BCUT2D eigenvalue weighted by Crippen LogP contribution is 2.18. The Morgan fingerprint density at radius 3 is 2.67 bits per heavy atom. The average molecular weight is 294 g/mol. The van der Waals surface area contributed by atoms with Gasteiger partial charge < -0.3 is 15.0 Å². The highest BCUT2D eigenvalue weighted by Gasteiger charge is 2.27. The standard InChI is InChI=1S/C15H26N4O2/c1-11(12-9-16-17-10-12)18-13-5-7-19(8-6-13)14(20)21-15(2,3)4/h9-11,13,18H,5-8H2,1-4H3,(H,16,17). The molecule has 1 aromatic heterocycles. The maximum Gasteiger partial charge on any atom is 0.410 e. The molecule has 1 aliphatic heterocycles. The van der Waals surface area contributed by atoms with Crippen LogP contribution in [0.2, 0.25) is 0 Å². The Kier molecular flexibility index (Phi) is 4.88. The van der Waals surface area contributed by atoms with E-state index in [1.54, 1.807) is 4.90 Å². The molecule has 118 valence electrons. The smallest absolute Gasteiger partial charge is 0.410 e. The lowest BCUT2D eigenvalue weighted by atomic mass is 10.0. The van der Waals surface area contributed by atoms with Crippen molar-refractivity contribution in [1.82, 2.24) is 20.4 Å². The van der Waals surface area contributed by atoms with Crippen molar-refractivity contribution in [2.24, 2.45) is 0 Å². The molecule has 0 radical (unpaired) electrons. The van der Waals surface area contributed by atoms with Crippen molar-refractivity contribution in [3.8, 4) is 0 Å². The van der Waals surface area contributed by atoms with Crippen molar-refractivity contribution in [3.05, 3.63) is 18.0 Å². The van der Waals surface area contributed by atoms with Crippen molar-refractivity contribution in [2.75, 3.05) is 13.1 Å². The molecule has 0 bridgehead atoms. The molecule has 1 saturated heterocycles. The summed E-state index contributed by atoms with van der Waals surface area (Å²) < 4.78 is 5.41. The zero-order chi connectivity index (χ0) is 15.5. The minimum absolute atomic E-state index is 0.205. The number of piperidine rings is 1. The van der Waals surface area contributed by atoms with Gasteiger partial charge in [0.1, 0.15) is 5.60 Å². The van der Waals surface area contributed by atoms with Gasteiger partial charge in [-0.25, -0.2) is 4.79 Å². The molecule has 1 aromatic rings. The zero-order valence-electron chi connectivity index (χ0n) is 13.3. The van der Waals surface area contributed by atoms with Crippen molar-refractivity contribution < 1.29 is 9.53 Å². The summed E-state index contributed by atoms with van der Waals surface area (Å²) in [6.07, 6.45) is 5.44. The average Bonchev–Trinajstić information content (AvgIpc) is 2.91. The molecule has 0 aromatic carbocycles. The maximum absolute atomic E-state index is 12.0. The Bertz CT molecular complexity index is 445. The first-order valence-corrected chi connectivity index (χ1v) is 7.58. The first-order chi connectivity index (χ1) is 9.85. The molecule has 2 heterocycles. The SMILES string of the molecule is CC(NC1CCN(C(=O)OC(C)(C)C)CC1)c1cn[nH]c1. The van der Waals surface area contributed by atoms with Crippen molar-refractivity contribution in [2.45, 2.75) is 58.2 Å².